The van der Waals surface area contributed by atoms with Crippen LogP contribution in [0.1, 0.15) is 90.3 Å². The predicted octanol–water partition coefficient (Wildman–Crippen LogP) is 5.63. The Balaban J connectivity index is 2.16. The second-order valence-corrected chi connectivity index (χ2v) is 9.65. The first-order chi connectivity index (χ1) is 10.5. The summed E-state index contributed by atoms with van der Waals surface area (Å²) in [5.74, 6) is 1.51. The van der Waals surface area contributed by atoms with E-state index in [0.29, 0.717) is 5.75 Å². The van der Waals surface area contributed by atoms with Gasteiger partial charge < -0.3 is 9.84 Å². The molecule has 1 aliphatic carbocycles. The summed E-state index contributed by atoms with van der Waals surface area (Å²) in [5.41, 5.74) is 3.18. The molecule has 0 radical (unpaired) electrons. The van der Waals surface area contributed by atoms with E-state index >= 15 is 0 Å². The Morgan fingerprint density at radius 3 is 2.09 bits per heavy atom. The number of hydrogen-bond acceptors (Lipinski definition) is 2. The molecule has 0 unspecified atom stereocenters. The minimum Gasteiger partial charge on any atom is -0.507 e. The van der Waals surface area contributed by atoms with Gasteiger partial charge in [0.05, 0.1) is 0 Å². The number of phenols is 1. The molecule has 1 aromatic rings. The van der Waals surface area contributed by atoms with Crippen LogP contribution >= 0.6 is 0 Å². The molecule has 3 rings (SSSR count). The highest BCUT2D eigenvalue weighted by Gasteiger charge is 2.44. The van der Waals surface area contributed by atoms with Crippen LogP contribution in [0.4, 0.5) is 0 Å². The topological polar surface area (TPSA) is 29.5 Å². The largest absolute Gasteiger partial charge is 0.507 e. The van der Waals surface area contributed by atoms with Gasteiger partial charge in [0, 0.05) is 23.1 Å². The smallest absolute Gasteiger partial charge is 0.124 e. The number of ether oxygens (including phenoxy) is 1. The summed E-state index contributed by atoms with van der Waals surface area (Å²) in [7, 11) is 0. The molecule has 2 aliphatic rings. The lowest BCUT2D eigenvalue weighted by Gasteiger charge is -2.32. The molecule has 1 N–H and O–H groups in total. The summed E-state index contributed by atoms with van der Waals surface area (Å²) in [6.45, 7) is 13.1. The van der Waals surface area contributed by atoms with Gasteiger partial charge in [0.1, 0.15) is 17.1 Å². The highest BCUT2D eigenvalue weighted by Crippen LogP contribution is 2.52. The van der Waals surface area contributed by atoms with E-state index in [1.807, 2.05) is 0 Å². The van der Waals surface area contributed by atoms with Gasteiger partial charge in [-0.2, -0.15) is 0 Å². The predicted molar refractivity (Wildman–Crippen MR) is 95.7 cm³/mol. The third-order valence-electron chi connectivity index (χ3n) is 5.51. The Morgan fingerprint density at radius 2 is 1.57 bits per heavy atom. The first-order valence-corrected chi connectivity index (χ1v) is 9.12. The Bertz CT molecular complexity index is 608. The first-order valence-electron chi connectivity index (χ1n) is 9.12. The summed E-state index contributed by atoms with van der Waals surface area (Å²) in [4.78, 5) is 0. The van der Waals surface area contributed by atoms with Crippen molar-refractivity contribution >= 4 is 0 Å². The van der Waals surface area contributed by atoms with Gasteiger partial charge >= 0.3 is 0 Å². The van der Waals surface area contributed by atoms with Crippen molar-refractivity contribution in [2.45, 2.75) is 96.5 Å². The van der Waals surface area contributed by atoms with Crippen molar-refractivity contribution in [3.63, 3.8) is 0 Å². The number of aromatic hydroxyl groups is 1. The number of benzene rings is 1. The second kappa shape index (κ2) is 5.16. The maximum atomic E-state index is 11.1. The fourth-order valence-electron chi connectivity index (χ4n) is 4.40. The van der Waals surface area contributed by atoms with E-state index in [0.717, 1.165) is 36.1 Å². The van der Waals surface area contributed by atoms with Crippen molar-refractivity contribution in [2.24, 2.45) is 0 Å². The maximum absolute atomic E-state index is 11.1. The molecular formula is C21H32O2. The normalized spacial score (nSPS) is 20.4. The third-order valence-corrected chi connectivity index (χ3v) is 5.51. The summed E-state index contributed by atoms with van der Waals surface area (Å²) >= 11 is 0. The SMILES string of the molecule is CC(C)(C)c1cc2c(c(C(C)(C)C)c1O)CC1(CCCCC1)O2. The molecule has 0 aromatic heterocycles. The van der Waals surface area contributed by atoms with Crippen LogP contribution in [0.15, 0.2) is 6.07 Å². The molecule has 1 aliphatic heterocycles. The second-order valence-electron chi connectivity index (χ2n) is 9.65. The van der Waals surface area contributed by atoms with Gasteiger partial charge in [-0.15, -0.1) is 0 Å². The molecule has 128 valence electrons. The first kappa shape index (κ1) is 16.7. The number of hydrogen-bond donors (Lipinski definition) is 1. The van der Waals surface area contributed by atoms with Crippen LogP contribution in [0.3, 0.4) is 0 Å². The number of phenolic OH excluding ortho intramolecular Hbond substituents is 1. The molecule has 0 bridgehead atoms. The van der Waals surface area contributed by atoms with Crippen LogP contribution in [0.25, 0.3) is 0 Å². The van der Waals surface area contributed by atoms with Crippen molar-refractivity contribution < 1.29 is 9.84 Å². The van der Waals surface area contributed by atoms with E-state index in [9.17, 15) is 5.11 Å². The lowest BCUT2D eigenvalue weighted by Crippen LogP contribution is -2.36. The van der Waals surface area contributed by atoms with Gasteiger partial charge in [0.25, 0.3) is 0 Å². The Hall–Kier alpha value is -1.18. The summed E-state index contributed by atoms with van der Waals surface area (Å²) < 4.78 is 6.55. The molecular weight excluding hydrogens is 284 g/mol. The van der Waals surface area contributed by atoms with E-state index in [1.54, 1.807) is 0 Å². The van der Waals surface area contributed by atoms with Crippen molar-refractivity contribution in [3.05, 3.63) is 22.8 Å². The van der Waals surface area contributed by atoms with Crippen molar-refractivity contribution in [2.75, 3.05) is 0 Å². The molecule has 1 saturated carbocycles. The Morgan fingerprint density at radius 1 is 0.957 bits per heavy atom. The van der Waals surface area contributed by atoms with E-state index in [-0.39, 0.29) is 16.4 Å². The van der Waals surface area contributed by atoms with Crippen molar-refractivity contribution in [3.8, 4) is 11.5 Å². The van der Waals surface area contributed by atoms with Gasteiger partial charge in [-0.05, 0) is 42.6 Å². The van der Waals surface area contributed by atoms with Gasteiger partial charge in [-0.1, -0.05) is 48.0 Å². The zero-order valence-electron chi connectivity index (χ0n) is 15.7. The summed E-state index contributed by atoms with van der Waals surface area (Å²) in [6, 6.07) is 2.11. The van der Waals surface area contributed by atoms with Crippen LogP contribution < -0.4 is 4.74 Å². The molecule has 23 heavy (non-hydrogen) atoms. The van der Waals surface area contributed by atoms with E-state index in [1.165, 1.54) is 24.8 Å². The van der Waals surface area contributed by atoms with Crippen molar-refractivity contribution in [1.29, 1.82) is 0 Å². The maximum Gasteiger partial charge on any atom is 0.124 e. The fourth-order valence-corrected chi connectivity index (χ4v) is 4.40. The average molecular weight is 316 g/mol. The Kier molecular flexibility index (Phi) is 3.74. The summed E-state index contributed by atoms with van der Waals surface area (Å²) in [6.07, 6.45) is 7.11. The van der Waals surface area contributed by atoms with Crippen LogP contribution in [-0.2, 0) is 17.3 Å². The van der Waals surface area contributed by atoms with Crippen LogP contribution in [0.5, 0.6) is 11.5 Å². The molecule has 1 fully saturated rings. The molecule has 1 aromatic carbocycles. The van der Waals surface area contributed by atoms with E-state index in [2.05, 4.69) is 47.6 Å². The minimum absolute atomic E-state index is 0.0104. The monoisotopic (exact) mass is 316 g/mol. The van der Waals surface area contributed by atoms with Gasteiger partial charge in [0.15, 0.2) is 0 Å². The van der Waals surface area contributed by atoms with E-state index < -0.39 is 0 Å². The highest BCUT2D eigenvalue weighted by atomic mass is 16.5. The molecule has 0 amide bonds. The molecule has 2 heteroatoms. The van der Waals surface area contributed by atoms with E-state index in [4.69, 9.17) is 4.74 Å². The van der Waals surface area contributed by atoms with Crippen LogP contribution in [0.2, 0.25) is 0 Å². The molecule has 2 nitrogen and oxygen atoms in total. The summed E-state index contributed by atoms with van der Waals surface area (Å²) in [5, 5.41) is 11.1. The Labute approximate surface area is 141 Å². The molecule has 0 atom stereocenters. The number of rotatable bonds is 0. The van der Waals surface area contributed by atoms with Gasteiger partial charge in [-0.25, -0.2) is 0 Å². The fraction of sp³-hybridized carbons (Fsp3) is 0.714. The van der Waals surface area contributed by atoms with Gasteiger partial charge in [0.2, 0.25) is 0 Å². The standard InChI is InChI=1S/C21H32O2/c1-19(2,3)15-12-16-14(17(18(15)22)20(4,5)6)13-21(23-16)10-8-7-9-11-21/h12,22H,7-11,13H2,1-6H3. The molecule has 1 heterocycles. The quantitative estimate of drug-likeness (QED) is 0.672. The zero-order valence-corrected chi connectivity index (χ0v) is 15.7. The average Bonchev–Trinajstić information content (AvgIpc) is 2.73. The van der Waals surface area contributed by atoms with Crippen LogP contribution in [0, 0.1) is 0 Å². The highest BCUT2D eigenvalue weighted by molar-refractivity contribution is 5.59. The molecule has 1 spiro atoms. The van der Waals surface area contributed by atoms with Gasteiger partial charge in [-0.3, -0.25) is 0 Å². The zero-order chi connectivity index (χ0) is 17.0. The molecule has 0 saturated heterocycles. The lowest BCUT2D eigenvalue weighted by atomic mass is 9.74. The number of fused-ring (bicyclic) bond motifs is 1. The lowest BCUT2D eigenvalue weighted by molar-refractivity contribution is 0.0527. The van der Waals surface area contributed by atoms with Crippen molar-refractivity contribution in [1.82, 2.24) is 0 Å². The van der Waals surface area contributed by atoms with Crippen LogP contribution in [-0.4, -0.2) is 10.7 Å². The minimum atomic E-state index is -0.0925. The third kappa shape index (κ3) is 2.86.